The molecular formula is C19H14ClN2O4-. The largest absolute Gasteiger partial charge is 0.545 e. The van der Waals surface area contributed by atoms with Gasteiger partial charge in [0.05, 0.1) is 11.7 Å². The second-order valence-corrected chi connectivity index (χ2v) is 6.35. The van der Waals surface area contributed by atoms with Crippen molar-refractivity contribution >= 4 is 40.8 Å². The maximum Gasteiger partial charge on any atom is 0.283 e. The highest BCUT2D eigenvalue weighted by atomic mass is 35.5. The van der Waals surface area contributed by atoms with Crippen LogP contribution in [0.15, 0.2) is 53.2 Å². The zero-order chi connectivity index (χ0) is 19.0. The zero-order valence-electron chi connectivity index (χ0n) is 14.0. The number of carbonyl (C=O) groups excluding carboxylic acids is 3. The van der Waals surface area contributed by atoms with E-state index in [-0.39, 0.29) is 16.3 Å². The molecule has 7 heteroatoms. The lowest BCUT2D eigenvalue weighted by Crippen LogP contribution is -2.32. The number of nitrogens with one attached hydrogen (secondary N) is 1. The fourth-order valence-electron chi connectivity index (χ4n) is 2.79. The summed E-state index contributed by atoms with van der Waals surface area (Å²) in [4.78, 5) is 37.2. The minimum Gasteiger partial charge on any atom is -0.545 e. The van der Waals surface area contributed by atoms with Crippen molar-refractivity contribution in [1.29, 1.82) is 0 Å². The first-order valence-corrected chi connectivity index (χ1v) is 8.11. The molecule has 0 saturated heterocycles. The molecular weight excluding hydrogens is 356 g/mol. The molecule has 2 aromatic rings. The average molecular weight is 370 g/mol. The quantitative estimate of drug-likeness (QED) is 0.833. The summed E-state index contributed by atoms with van der Waals surface area (Å²) in [6.07, 6.45) is 0. The molecule has 0 aliphatic carbocycles. The summed E-state index contributed by atoms with van der Waals surface area (Å²) >= 11 is 6.08. The average Bonchev–Trinajstić information content (AvgIpc) is 2.78. The molecule has 0 spiro atoms. The highest BCUT2D eigenvalue weighted by Gasteiger charge is 2.39. The van der Waals surface area contributed by atoms with E-state index in [4.69, 9.17) is 11.6 Å². The smallest absolute Gasteiger partial charge is 0.283 e. The molecule has 132 valence electrons. The fourth-order valence-corrected chi connectivity index (χ4v) is 3.01. The molecule has 6 nitrogen and oxygen atoms in total. The molecule has 1 aliphatic heterocycles. The highest BCUT2D eigenvalue weighted by Crippen LogP contribution is 2.31. The Kier molecular flexibility index (Phi) is 4.52. The monoisotopic (exact) mass is 369 g/mol. The molecule has 0 saturated carbocycles. The molecule has 2 amide bonds. The van der Waals surface area contributed by atoms with E-state index in [1.165, 1.54) is 18.2 Å². The Morgan fingerprint density at radius 3 is 2.31 bits per heavy atom. The van der Waals surface area contributed by atoms with Crippen molar-refractivity contribution in [3.63, 3.8) is 0 Å². The molecule has 0 bridgehead atoms. The predicted molar refractivity (Wildman–Crippen MR) is 95.7 cm³/mol. The van der Waals surface area contributed by atoms with Crippen molar-refractivity contribution in [2.45, 2.75) is 13.8 Å². The molecule has 26 heavy (non-hydrogen) atoms. The number of halogens is 1. The zero-order valence-corrected chi connectivity index (χ0v) is 14.8. The first-order chi connectivity index (χ1) is 12.3. The van der Waals surface area contributed by atoms with E-state index in [0.717, 1.165) is 16.0 Å². The number of imide groups is 1. The first kappa shape index (κ1) is 17.7. The van der Waals surface area contributed by atoms with Gasteiger partial charge in [0.2, 0.25) is 0 Å². The van der Waals surface area contributed by atoms with Gasteiger partial charge in [0, 0.05) is 5.69 Å². The third-order valence-electron chi connectivity index (χ3n) is 3.86. The van der Waals surface area contributed by atoms with Crippen LogP contribution in [0, 0.1) is 13.8 Å². The predicted octanol–water partition coefficient (Wildman–Crippen LogP) is 2.10. The Balaban J connectivity index is 1.94. The number of hydrogen-bond donors (Lipinski definition) is 1. The Hall–Kier alpha value is -3.12. The second-order valence-electron chi connectivity index (χ2n) is 5.97. The van der Waals surface area contributed by atoms with Crippen LogP contribution >= 0.6 is 11.6 Å². The van der Waals surface area contributed by atoms with Gasteiger partial charge in [-0.05, 0) is 54.8 Å². The molecule has 1 heterocycles. The Bertz CT molecular complexity index is 961. The summed E-state index contributed by atoms with van der Waals surface area (Å²) in [5, 5.41) is 13.4. The van der Waals surface area contributed by atoms with Crippen LogP contribution in [-0.4, -0.2) is 17.8 Å². The summed E-state index contributed by atoms with van der Waals surface area (Å²) < 4.78 is 0. The van der Waals surface area contributed by atoms with Gasteiger partial charge in [-0.15, -0.1) is 0 Å². The van der Waals surface area contributed by atoms with Crippen LogP contribution in [0.3, 0.4) is 0 Å². The minimum atomic E-state index is -1.35. The van der Waals surface area contributed by atoms with Crippen LogP contribution in [-0.2, 0) is 9.59 Å². The molecule has 1 N–H and O–H groups in total. The molecule has 2 aromatic carbocycles. The van der Waals surface area contributed by atoms with E-state index in [0.29, 0.717) is 11.4 Å². The van der Waals surface area contributed by atoms with Crippen molar-refractivity contribution in [1.82, 2.24) is 0 Å². The number of anilines is 2. The summed E-state index contributed by atoms with van der Waals surface area (Å²) in [6, 6.07) is 11.1. The Morgan fingerprint density at radius 1 is 1.04 bits per heavy atom. The van der Waals surface area contributed by atoms with Gasteiger partial charge < -0.3 is 15.2 Å². The number of rotatable bonds is 4. The molecule has 0 radical (unpaired) electrons. The van der Waals surface area contributed by atoms with E-state index < -0.39 is 17.8 Å². The number of carbonyl (C=O) groups is 3. The van der Waals surface area contributed by atoms with Gasteiger partial charge in [-0.25, -0.2) is 4.90 Å². The van der Waals surface area contributed by atoms with Crippen molar-refractivity contribution in [3.05, 3.63) is 69.9 Å². The summed E-state index contributed by atoms with van der Waals surface area (Å²) in [7, 11) is 0. The lowest BCUT2D eigenvalue weighted by Gasteiger charge is -2.16. The van der Waals surface area contributed by atoms with E-state index in [2.05, 4.69) is 5.32 Å². The normalized spacial score (nSPS) is 14.2. The van der Waals surface area contributed by atoms with Gasteiger partial charge in [-0.1, -0.05) is 29.8 Å². The number of carboxylic acid groups (broad SMARTS) is 1. The van der Waals surface area contributed by atoms with E-state index in [1.807, 2.05) is 19.9 Å². The van der Waals surface area contributed by atoms with Crippen LogP contribution in [0.4, 0.5) is 11.4 Å². The number of aromatic carboxylic acids is 1. The highest BCUT2D eigenvalue weighted by molar-refractivity contribution is 6.53. The number of nitrogens with zero attached hydrogens (tertiary/aromatic N) is 1. The number of benzene rings is 2. The van der Waals surface area contributed by atoms with Crippen LogP contribution < -0.4 is 15.3 Å². The molecule has 0 aromatic heterocycles. The van der Waals surface area contributed by atoms with Crippen LogP contribution in [0.1, 0.15) is 21.5 Å². The van der Waals surface area contributed by atoms with Gasteiger partial charge in [-0.2, -0.15) is 0 Å². The summed E-state index contributed by atoms with van der Waals surface area (Å²) in [6.45, 7) is 3.72. The van der Waals surface area contributed by atoms with Crippen molar-refractivity contribution in [2.24, 2.45) is 0 Å². The Labute approximate surface area is 154 Å². The lowest BCUT2D eigenvalue weighted by molar-refractivity contribution is -0.255. The molecule has 0 fully saturated rings. The maximum absolute atomic E-state index is 12.7. The molecule has 0 atom stereocenters. The van der Waals surface area contributed by atoms with Crippen LogP contribution in [0.25, 0.3) is 0 Å². The number of amides is 2. The molecule has 0 unspecified atom stereocenters. The second kappa shape index (κ2) is 6.65. The summed E-state index contributed by atoms with van der Waals surface area (Å²) in [5.41, 5.74) is 2.37. The minimum absolute atomic E-state index is 0.0605. The van der Waals surface area contributed by atoms with E-state index in [9.17, 15) is 19.5 Å². The van der Waals surface area contributed by atoms with Crippen LogP contribution in [0.2, 0.25) is 0 Å². The fraction of sp³-hybridized carbons (Fsp3) is 0.105. The topological polar surface area (TPSA) is 89.5 Å². The number of carboxylic acids is 1. The van der Waals surface area contributed by atoms with Gasteiger partial charge >= 0.3 is 0 Å². The van der Waals surface area contributed by atoms with Gasteiger partial charge in [0.15, 0.2) is 0 Å². The summed E-state index contributed by atoms with van der Waals surface area (Å²) in [5.74, 6) is -2.59. The van der Waals surface area contributed by atoms with E-state index >= 15 is 0 Å². The maximum atomic E-state index is 12.7. The third-order valence-corrected chi connectivity index (χ3v) is 4.21. The Morgan fingerprint density at radius 2 is 1.69 bits per heavy atom. The van der Waals surface area contributed by atoms with Crippen molar-refractivity contribution in [3.8, 4) is 0 Å². The van der Waals surface area contributed by atoms with Gasteiger partial charge in [0.1, 0.15) is 10.7 Å². The number of hydrogen-bond acceptors (Lipinski definition) is 5. The van der Waals surface area contributed by atoms with Crippen molar-refractivity contribution in [2.75, 3.05) is 10.2 Å². The first-order valence-electron chi connectivity index (χ1n) is 7.73. The third kappa shape index (κ3) is 3.19. The standard InChI is InChI=1S/C19H15ClN2O4/c1-10-6-11(2)8-14(7-10)22-17(23)15(20)16(18(22)24)21-13-5-3-4-12(9-13)19(25)26/h3-9,21H,1-2H3,(H,25,26)/p-1. The SMILES string of the molecule is Cc1cc(C)cc(N2C(=O)C(Cl)=C(Nc3cccc(C(=O)[O-])c3)C2=O)c1. The number of aryl methyl sites for hydroxylation is 2. The molecule has 3 rings (SSSR count). The lowest BCUT2D eigenvalue weighted by atomic mass is 10.1. The molecule has 1 aliphatic rings. The van der Waals surface area contributed by atoms with Gasteiger partial charge in [0.25, 0.3) is 11.8 Å². The van der Waals surface area contributed by atoms with Gasteiger partial charge in [-0.3, -0.25) is 9.59 Å². The van der Waals surface area contributed by atoms with Crippen molar-refractivity contribution < 1.29 is 19.5 Å². The van der Waals surface area contributed by atoms with Crippen LogP contribution in [0.5, 0.6) is 0 Å². The van der Waals surface area contributed by atoms with E-state index in [1.54, 1.807) is 18.2 Å².